The van der Waals surface area contributed by atoms with Crippen molar-refractivity contribution in [2.75, 3.05) is 10.0 Å². The molecular weight excluding hydrogens is 369 g/mol. The van der Waals surface area contributed by atoms with Crippen LogP contribution in [0, 0.1) is 5.82 Å². The summed E-state index contributed by atoms with van der Waals surface area (Å²) >= 11 is 0. The van der Waals surface area contributed by atoms with Crippen LogP contribution in [0.1, 0.15) is 15.9 Å². The predicted molar refractivity (Wildman–Crippen MR) is 101 cm³/mol. The van der Waals surface area contributed by atoms with Crippen LogP contribution in [-0.4, -0.2) is 19.3 Å². The topological polar surface area (TPSA) is 88.2 Å². The molecule has 0 aliphatic heterocycles. The van der Waals surface area contributed by atoms with E-state index in [0.29, 0.717) is 16.8 Å². The van der Waals surface area contributed by atoms with Crippen molar-refractivity contribution in [1.29, 1.82) is 0 Å². The highest BCUT2D eigenvalue weighted by Crippen LogP contribution is 2.15. The summed E-state index contributed by atoms with van der Waals surface area (Å²) in [5, 5.41) is 2.70. The number of hydrogen-bond acceptors (Lipinski definition) is 4. The van der Waals surface area contributed by atoms with Crippen LogP contribution in [0.25, 0.3) is 0 Å². The molecule has 1 aromatic heterocycles. The van der Waals surface area contributed by atoms with Crippen molar-refractivity contribution in [3.8, 4) is 0 Å². The molecule has 138 valence electrons. The van der Waals surface area contributed by atoms with Gasteiger partial charge in [-0.05, 0) is 54.1 Å². The molecule has 1 heterocycles. The molecule has 2 N–H and O–H groups in total. The fourth-order valence-electron chi connectivity index (χ4n) is 2.35. The maximum absolute atomic E-state index is 12.9. The van der Waals surface area contributed by atoms with E-state index < -0.39 is 15.8 Å². The number of benzene rings is 2. The summed E-state index contributed by atoms with van der Waals surface area (Å²) in [4.78, 5) is 16.1. The highest BCUT2D eigenvalue weighted by atomic mass is 32.2. The van der Waals surface area contributed by atoms with Gasteiger partial charge in [0.1, 0.15) is 5.82 Å². The molecule has 2 aromatic carbocycles. The Hall–Kier alpha value is -3.26. The molecule has 0 bridgehead atoms. The quantitative estimate of drug-likeness (QED) is 0.681. The number of amides is 1. The minimum atomic E-state index is -3.66. The average Bonchev–Trinajstić information content (AvgIpc) is 2.64. The molecule has 0 aliphatic carbocycles. The van der Waals surface area contributed by atoms with Gasteiger partial charge in [-0.15, -0.1) is 0 Å². The summed E-state index contributed by atoms with van der Waals surface area (Å²) in [6.07, 6.45) is 3.13. The lowest BCUT2D eigenvalue weighted by Gasteiger charge is -2.09. The summed E-state index contributed by atoms with van der Waals surface area (Å²) in [5.41, 5.74) is 1.76. The van der Waals surface area contributed by atoms with Crippen LogP contribution in [0.3, 0.4) is 0 Å². The van der Waals surface area contributed by atoms with Crippen LogP contribution in [0.15, 0.2) is 73.1 Å². The van der Waals surface area contributed by atoms with Crippen molar-refractivity contribution >= 4 is 27.3 Å². The van der Waals surface area contributed by atoms with E-state index in [0.717, 1.165) is 0 Å². The molecule has 27 heavy (non-hydrogen) atoms. The molecule has 0 fully saturated rings. The van der Waals surface area contributed by atoms with E-state index in [-0.39, 0.29) is 17.3 Å². The zero-order valence-corrected chi connectivity index (χ0v) is 14.9. The van der Waals surface area contributed by atoms with E-state index in [2.05, 4.69) is 15.0 Å². The lowest BCUT2D eigenvalue weighted by molar-refractivity contribution is 0.102. The predicted octanol–water partition coefficient (Wildman–Crippen LogP) is 3.41. The van der Waals surface area contributed by atoms with E-state index in [9.17, 15) is 17.6 Å². The van der Waals surface area contributed by atoms with Gasteiger partial charge < -0.3 is 5.32 Å². The van der Waals surface area contributed by atoms with Gasteiger partial charge >= 0.3 is 0 Å². The number of anilines is 2. The van der Waals surface area contributed by atoms with Gasteiger partial charge in [-0.25, -0.2) is 12.8 Å². The fourth-order valence-corrected chi connectivity index (χ4v) is 3.54. The first kappa shape index (κ1) is 18.5. The van der Waals surface area contributed by atoms with Crippen molar-refractivity contribution in [3.63, 3.8) is 0 Å². The first-order chi connectivity index (χ1) is 12.9. The largest absolute Gasteiger partial charge is 0.321 e. The van der Waals surface area contributed by atoms with Gasteiger partial charge in [-0.2, -0.15) is 0 Å². The molecule has 0 saturated carbocycles. The minimum Gasteiger partial charge on any atom is -0.321 e. The second kappa shape index (κ2) is 7.96. The maximum atomic E-state index is 12.9. The van der Waals surface area contributed by atoms with Gasteiger partial charge in [0.2, 0.25) is 10.0 Å². The maximum Gasteiger partial charge on any atom is 0.255 e. The van der Waals surface area contributed by atoms with Crippen molar-refractivity contribution in [2.24, 2.45) is 0 Å². The first-order valence-electron chi connectivity index (χ1n) is 7.98. The lowest BCUT2D eigenvalue weighted by atomic mass is 10.1. The highest BCUT2D eigenvalue weighted by molar-refractivity contribution is 7.91. The standard InChI is InChI=1S/C19H16FN3O3S/c20-16-7-9-17(10-8-16)23-27(25,26)13-14-3-5-15(6-4-14)19(24)22-18-2-1-11-21-12-18/h1-12,23H,13H2,(H,22,24). The van der Waals surface area contributed by atoms with Gasteiger partial charge in [0.15, 0.2) is 0 Å². The lowest BCUT2D eigenvalue weighted by Crippen LogP contribution is -2.15. The number of halogens is 1. The molecule has 0 unspecified atom stereocenters. The van der Waals surface area contributed by atoms with Gasteiger partial charge in [0.25, 0.3) is 5.91 Å². The summed E-state index contributed by atoms with van der Waals surface area (Å²) in [6, 6.07) is 14.7. The smallest absolute Gasteiger partial charge is 0.255 e. The molecule has 0 radical (unpaired) electrons. The highest BCUT2D eigenvalue weighted by Gasteiger charge is 2.13. The molecule has 0 atom stereocenters. The van der Waals surface area contributed by atoms with Crippen molar-refractivity contribution in [3.05, 3.63) is 90.0 Å². The van der Waals surface area contributed by atoms with E-state index in [4.69, 9.17) is 0 Å². The Morgan fingerprint density at radius 2 is 1.67 bits per heavy atom. The Morgan fingerprint density at radius 3 is 2.30 bits per heavy atom. The number of aromatic nitrogens is 1. The third-order valence-corrected chi connectivity index (χ3v) is 4.87. The molecule has 1 amide bonds. The third-order valence-electron chi connectivity index (χ3n) is 3.61. The number of carbonyl (C=O) groups excluding carboxylic acids is 1. The summed E-state index contributed by atoms with van der Waals surface area (Å²) < 4.78 is 39.7. The van der Waals surface area contributed by atoms with Gasteiger partial charge in [0.05, 0.1) is 17.6 Å². The second-order valence-corrected chi connectivity index (χ2v) is 7.48. The normalized spacial score (nSPS) is 11.0. The van der Waals surface area contributed by atoms with Crippen LogP contribution in [-0.2, 0) is 15.8 Å². The number of carbonyl (C=O) groups is 1. The first-order valence-corrected chi connectivity index (χ1v) is 9.63. The number of nitrogens with zero attached hydrogens (tertiary/aromatic N) is 1. The number of hydrogen-bond donors (Lipinski definition) is 2. The molecule has 0 spiro atoms. The van der Waals surface area contributed by atoms with Crippen LogP contribution >= 0.6 is 0 Å². The minimum absolute atomic E-state index is 0.269. The summed E-state index contributed by atoms with van der Waals surface area (Å²) in [6.45, 7) is 0. The van der Waals surface area contributed by atoms with E-state index in [1.165, 1.54) is 30.5 Å². The Balaban J connectivity index is 1.64. The zero-order chi connectivity index (χ0) is 19.3. The molecule has 0 aliphatic rings. The van der Waals surface area contributed by atoms with Gasteiger partial charge in [-0.3, -0.25) is 14.5 Å². The molecule has 3 rings (SSSR count). The van der Waals surface area contributed by atoms with E-state index >= 15 is 0 Å². The number of sulfonamides is 1. The molecule has 3 aromatic rings. The van der Waals surface area contributed by atoms with Gasteiger partial charge in [0, 0.05) is 17.4 Å². The van der Waals surface area contributed by atoms with Crippen molar-refractivity contribution < 1.29 is 17.6 Å². The number of rotatable bonds is 6. The second-order valence-electron chi connectivity index (χ2n) is 5.76. The van der Waals surface area contributed by atoms with E-state index in [1.54, 1.807) is 42.6 Å². The van der Waals surface area contributed by atoms with Gasteiger partial charge in [-0.1, -0.05) is 12.1 Å². The Labute approximate surface area is 156 Å². The summed E-state index contributed by atoms with van der Waals surface area (Å²) in [7, 11) is -3.66. The van der Waals surface area contributed by atoms with Crippen LogP contribution < -0.4 is 10.0 Å². The van der Waals surface area contributed by atoms with E-state index in [1.807, 2.05) is 0 Å². The van der Waals surface area contributed by atoms with Crippen molar-refractivity contribution in [2.45, 2.75) is 5.75 Å². The molecular formula is C19H16FN3O3S. The molecule has 8 heteroatoms. The van der Waals surface area contributed by atoms with Crippen molar-refractivity contribution in [1.82, 2.24) is 4.98 Å². The molecule has 0 saturated heterocycles. The Morgan fingerprint density at radius 1 is 0.963 bits per heavy atom. The number of pyridine rings is 1. The van der Waals surface area contributed by atoms with Crippen LogP contribution in [0.4, 0.5) is 15.8 Å². The third kappa shape index (κ3) is 5.35. The van der Waals surface area contributed by atoms with Crippen LogP contribution in [0.5, 0.6) is 0 Å². The zero-order valence-electron chi connectivity index (χ0n) is 14.1. The SMILES string of the molecule is O=C(Nc1cccnc1)c1ccc(CS(=O)(=O)Nc2ccc(F)cc2)cc1. The fraction of sp³-hybridized carbons (Fsp3) is 0.0526. The summed E-state index contributed by atoms with van der Waals surface area (Å²) in [5.74, 6) is -1.03. The Bertz CT molecular complexity index is 1020. The number of nitrogens with one attached hydrogen (secondary N) is 2. The average molecular weight is 385 g/mol. The Kier molecular flexibility index (Phi) is 5.46. The molecule has 6 nitrogen and oxygen atoms in total. The monoisotopic (exact) mass is 385 g/mol. The van der Waals surface area contributed by atoms with Crippen LogP contribution in [0.2, 0.25) is 0 Å².